The Bertz CT molecular complexity index is 1090. The van der Waals surface area contributed by atoms with E-state index in [0.717, 1.165) is 29.7 Å². The van der Waals surface area contributed by atoms with Crippen molar-refractivity contribution in [1.82, 2.24) is 9.55 Å². The van der Waals surface area contributed by atoms with Gasteiger partial charge in [-0.3, -0.25) is 0 Å². The number of primary sulfonamides is 1. The second kappa shape index (κ2) is 6.50. The molecule has 0 atom stereocenters. The summed E-state index contributed by atoms with van der Waals surface area (Å²) in [4.78, 5) is 4.79. The molecule has 1 aliphatic rings. The molecule has 0 bridgehead atoms. The van der Waals surface area contributed by atoms with E-state index in [1.165, 1.54) is 29.7 Å². The molecule has 6 nitrogen and oxygen atoms in total. The molecule has 0 radical (unpaired) electrons. The molecular weight excluding hydrogens is 350 g/mol. The van der Waals surface area contributed by atoms with Gasteiger partial charge < -0.3 is 9.30 Å². The first kappa shape index (κ1) is 17.2. The molecule has 4 rings (SSSR count). The Morgan fingerprint density at radius 1 is 1.15 bits per heavy atom. The van der Waals surface area contributed by atoms with Crippen molar-refractivity contribution in [2.45, 2.75) is 30.7 Å². The highest BCUT2D eigenvalue weighted by molar-refractivity contribution is 7.89. The van der Waals surface area contributed by atoms with Crippen LogP contribution in [0.15, 0.2) is 41.3 Å². The second-order valence-corrected chi connectivity index (χ2v) is 8.17. The highest BCUT2D eigenvalue weighted by atomic mass is 32.2. The minimum atomic E-state index is -3.76. The van der Waals surface area contributed by atoms with E-state index in [0.29, 0.717) is 18.7 Å². The summed E-state index contributed by atoms with van der Waals surface area (Å²) < 4.78 is 30.6. The lowest BCUT2D eigenvalue weighted by Gasteiger charge is -2.10. The van der Waals surface area contributed by atoms with E-state index in [-0.39, 0.29) is 4.90 Å². The Morgan fingerprint density at radius 2 is 1.96 bits per heavy atom. The van der Waals surface area contributed by atoms with Crippen LogP contribution in [0.25, 0.3) is 22.4 Å². The van der Waals surface area contributed by atoms with Crippen molar-refractivity contribution >= 4 is 21.1 Å². The van der Waals surface area contributed by atoms with Crippen LogP contribution in [0.1, 0.15) is 17.5 Å². The Morgan fingerprint density at radius 3 is 2.73 bits per heavy atom. The first-order chi connectivity index (χ1) is 12.5. The van der Waals surface area contributed by atoms with Gasteiger partial charge in [0, 0.05) is 19.2 Å². The predicted molar refractivity (Wildman–Crippen MR) is 100 cm³/mol. The molecule has 1 aromatic heterocycles. The number of hydrogen-bond donors (Lipinski definition) is 1. The Balaban J connectivity index is 1.89. The highest BCUT2D eigenvalue weighted by Crippen LogP contribution is 2.30. The van der Waals surface area contributed by atoms with Crippen molar-refractivity contribution < 1.29 is 13.2 Å². The van der Waals surface area contributed by atoms with Crippen molar-refractivity contribution in [2.75, 3.05) is 13.7 Å². The van der Waals surface area contributed by atoms with Gasteiger partial charge in [0.15, 0.2) is 0 Å². The molecule has 3 aromatic rings. The van der Waals surface area contributed by atoms with E-state index >= 15 is 0 Å². The Labute approximate surface area is 152 Å². The summed E-state index contributed by atoms with van der Waals surface area (Å²) in [5.41, 5.74) is 5.30. The van der Waals surface area contributed by atoms with Crippen LogP contribution < -0.4 is 5.14 Å². The third-order valence-electron chi connectivity index (χ3n) is 4.92. The number of aryl methyl sites for hydroxylation is 2. The van der Waals surface area contributed by atoms with Crippen LogP contribution in [0.5, 0.6) is 0 Å². The standard InChI is InChI=1S/C19H21N3O3S/c1-25-10-9-22-18-8-7-16(26(20,23)24)12-17(18)21-19(22)15-6-5-13-3-2-4-14(13)11-15/h5-8,11-12H,2-4,9-10H2,1H3,(H2,20,23,24). The predicted octanol–water partition coefficient (Wildman–Crippen LogP) is 2.49. The topological polar surface area (TPSA) is 87.2 Å². The van der Waals surface area contributed by atoms with Gasteiger partial charge in [-0.1, -0.05) is 12.1 Å². The molecule has 1 heterocycles. The van der Waals surface area contributed by atoms with Gasteiger partial charge in [-0.2, -0.15) is 0 Å². The third kappa shape index (κ3) is 3.02. The van der Waals surface area contributed by atoms with E-state index in [2.05, 4.69) is 22.8 Å². The van der Waals surface area contributed by atoms with E-state index in [4.69, 9.17) is 14.9 Å². The lowest BCUT2D eigenvalue weighted by molar-refractivity contribution is 0.188. The van der Waals surface area contributed by atoms with E-state index < -0.39 is 10.0 Å². The van der Waals surface area contributed by atoms with E-state index in [1.807, 2.05) is 0 Å². The molecule has 0 spiro atoms. The molecule has 0 saturated heterocycles. The summed E-state index contributed by atoms with van der Waals surface area (Å²) in [6.45, 7) is 1.18. The number of sulfonamides is 1. The number of nitrogens with two attached hydrogens (primary N) is 1. The van der Waals surface area contributed by atoms with Gasteiger partial charge in [0.25, 0.3) is 0 Å². The van der Waals surface area contributed by atoms with Crippen molar-refractivity contribution in [3.63, 3.8) is 0 Å². The number of benzene rings is 2. The zero-order valence-corrected chi connectivity index (χ0v) is 15.4. The van der Waals surface area contributed by atoms with Gasteiger partial charge >= 0.3 is 0 Å². The fraction of sp³-hybridized carbons (Fsp3) is 0.316. The molecule has 0 aliphatic heterocycles. The zero-order chi connectivity index (χ0) is 18.3. The maximum absolute atomic E-state index is 11.7. The van der Waals surface area contributed by atoms with Crippen molar-refractivity contribution in [2.24, 2.45) is 5.14 Å². The van der Waals surface area contributed by atoms with Crippen LogP contribution in [0, 0.1) is 0 Å². The largest absolute Gasteiger partial charge is 0.383 e. The summed E-state index contributed by atoms with van der Waals surface area (Å²) in [6.07, 6.45) is 3.42. The molecule has 0 amide bonds. The van der Waals surface area contributed by atoms with Crippen LogP contribution in [-0.4, -0.2) is 31.7 Å². The summed E-state index contributed by atoms with van der Waals surface area (Å²) in [5.74, 6) is 0.818. The summed E-state index contributed by atoms with van der Waals surface area (Å²) in [6, 6.07) is 11.3. The number of aromatic nitrogens is 2. The van der Waals surface area contributed by atoms with Gasteiger partial charge in [-0.05, 0) is 54.7 Å². The number of rotatable bonds is 5. The molecule has 0 fully saturated rings. The Kier molecular flexibility index (Phi) is 4.30. The van der Waals surface area contributed by atoms with Gasteiger partial charge in [0.2, 0.25) is 10.0 Å². The first-order valence-corrected chi connectivity index (χ1v) is 10.2. The molecule has 0 unspecified atom stereocenters. The van der Waals surface area contributed by atoms with Crippen LogP contribution in [0.4, 0.5) is 0 Å². The normalized spacial score (nSPS) is 14.1. The monoisotopic (exact) mass is 371 g/mol. The minimum Gasteiger partial charge on any atom is -0.383 e. The second-order valence-electron chi connectivity index (χ2n) is 6.61. The van der Waals surface area contributed by atoms with Crippen LogP contribution in [-0.2, 0) is 34.1 Å². The van der Waals surface area contributed by atoms with E-state index in [1.54, 1.807) is 13.2 Å². The molecule has 1 aliphatic carbocycles. The molecule has 2 N–H and O–H groups in total. The third-order valence-corrected chi connectivity index (χ3v) is 5.83. The molecule has 7 heteroatoms. The average molecular weight is 371 g/mol. The van der Waals surface area contributed by atoms with Crippen LogP contribution >= 0.6 is 0 Å². The lowest BCUT2D eigenvalue weighted by atomic mass is 10.1. The fourth-order valence-electron chi connectivity index (χ4n) is 3.63. The first-order valence-electron chi connectivity index (χ1n) is 8.61. The SMILES string of the molecule is COCCn1c(-c2ccc3c(c2)CCC3)nc2cc(S(N)(=O)=O)ccc21. The van der Waals surface area contributed by atoms with Crippen LogP contribution in [0.2, 0.25) is 0 Å². The molecular formula is C19H21N3O3S. The highest BCUT2D eigenvalue weighted by Gasteiger charge is 2.18. The smallest absolute Gasteiger partial charge is 0.238 e. The van der Waals surface area contributed by atoms with Crippen molar-refractivity contribution in [3.05, 3.63) is 47.5 Å². The van der Waals surface area contributed by atoms with Gasteiger partial charge in [0.05, 0.1) is 22.5 Å². The molecule has 26 heavy (non-hydrogen) atoms. The number of ether oxygens (including phenoxy) is 1. The van der Waals surface area contributed by atoms with E-state index in [9.17, 15) is 8.42 Å². The number of fused-ring (bicyclic) bond motifs is 2. The minimum absolute atomic E-state index is 0.0712. The number of methoxy groups -OCH3 is 1. The maximum atomic E-state index is 11.7. The Hall–Kier alpha value is -2.22. The van der Waals surface area contributed by atoms with Gasteiger partial charge in [0.1, 0.15) is 5.82 Å². The van der Waals surface area contributed by atoms with Gasteiger partial charge in [-0.25, -0.2) is 18.5 Å². The number of hydrogen-bond acceptors (Lipinski definition) is 4. The summed E-state index contributed by atoms with van der Waals surface area (Å²) in [7, 11) is -2.10. The lowest BCUT2D eigenvalue weighted by Crippen LogP contribution is -2.12. The van der Waals surface area contributed by atoms with Crippen molar-refractivity contribution in [3.8, 4) is 11.4 Å². The number of imidazole rings is 1. The van der Waals surface area contributed by atoms with Crippen LogP contribution in [0.3, 0.4) is 0 Å². The zero-order valence-electron chi connectivity index (χ0n) is 14.6. The fourth-order valence-corrected chi connectivity index (χ4v) is 4.16. The maximum Gasteiger partial charge on any atom is 0.238 e. The quantitative estimate of drug-likeness (QED) is 0.746. The molecule has 136 valence electrons. The molecule has 0 saturated carbocycles. The van der Waals surface area contributed by atoms with Crippen molar-refractivity contribution in [1.29, 1.82) is 0 Å². The summed E-state index contributed by atoms with van der Waals surface area (Å²) >= 11 is 0. The summed E-state index contributed by atoms with van der Waals surface area (Å²) in [5, 5.41) is 5.26. The average Bonchev–Trinajstić information content (AvgIpc) is 3.22. The van der Waals surface area contributed by atoms with Gasteiger partial charge in [-0.15, -0.1) is 0 Å². The number of nitrogens with zero attached hydrogens (tertiary/aromatic N) is 2. The molecule has 2 aromatic carbocycles.